The summed E-state index contributed by atoms with van der Waals surface area (Å²) in [7, 11) is 0. The van der Waals surface area contributed by atoms with Gasteiger partial charge in [-0.3, -0.25) is 20.4 Å². The van der Waals surface area contributed by atoms with Crippen molar-refractivity contribution >= 4 is 33.4 Å². The maximum absolute atomic E-state index is 12.5. The van der Waals surface area contributed by atoms with Gasteiger partial charge in [-0.25, -0.2) is 9.97 Å². The molecular formula is C17H20N4O3S. The van der Waals surface area contributed by atoms with Crippen LogP contribution in [-0.4, -0.2) is 34.5 Å². The second-order valence-electron chi connectivity index (χ2n) is 6.62. The van der Waals surface area contributed by atoms with Crippen LogP contribution >= 0.6 is 11.3 Å². The lowest BCUT2D eigenvalue weighted by Gasteiger charge is -2.11. The lowest BCUT2D eigenvalue weighted by Crippen LogP contribution is -2.46. The molecule has 0 unspecified atom stereocenters. The SMILES string of the molecule is Cc1nc(C2CC2)nc2sc(C(=O)NNC(=O)[C@H]3CCCO3)c(C)c12. The molecule has 1 aliphatic carbocycles. The van der Waals surface area contributed by atoms with Crippen molar-refractivity contribution in [3.8, 4) is 0 Å². The number of fused-ring (bicyclic) bond motifs is 1. The molecule has 0 bridgehead atoms. The van der Waals surface area contributed by atoms with Crippen molar-refractivity contribution < 1.29 is 14.3 Å². The fraction of sp³-hybridized carbons (Fsp3) is 0.529. The number of nitrogens with zero attached hydrogens (tertiary/aromatic N) is 2. The Labute approximate surface area is 149 Å². The lowest BCUT2D eigenvalue weighted by atomic mass is 10.1. The molecule has 25 heavy (non-hydrogen) atoms. The molecule has 1 saturated carbocycles. The molecule has 3 heterocycles. The minimum absolute atomic E-state index is 0.309. The summed E-state index contributed by atoms with van der Waals surface area (Å²) in [6.07, 6.45) is 3.35. The Balaban J connectivity index is 1.53. The molecule has 0 aromatic carbocycles. The van der Waals surface area contributed by atoms with E-state index in [-0.39, 0.29) is 11.8 Å². The fourth-order valence-electron chi connectivity index (χ4n) is 3.14. The summed E-state index contributed by atoms with van der Waals surface area (Å²) in [4.78, 5) is 35.1. The molecule has 2 aromatic heterocycles. The third kappa shape index (κ3) is 3.11. The van der Waals surface area contributed by atoms with E-state index in [0.717, 1.165) is 46.6 Å². The van der Waals surface area contributed by atoms with E-state index < -0.39 is 6.10 Å². The van der Waals surface area contributed by atoms with Crippen LogP contribution in [0.15, 0.2) is 0 Å². The van der Waals surface area contributed by atoms with Crippen LogP contribution in [0.3, 0.4) is 0 Å². The normalized spacial score (nSPS) is 20.0. The summed E-state index contributed by atoms with van der Waals surface area (Å²) >= 11 is 1.34. The Morgan fingerprint density at radius 3 is 2.64 bits per heavy atom. The molecule has 0 radical (unpaired) electrons. The molecule has 132 valence electrons. The van der Waals surface area contributed by atoms with Gasteiger partial charge in [0.15, 0.2) is 0 Å². The summed E-state index contributed by atoms with van der Waals surface area (Å²) in [6.45, 7) is 4.43. The average Bonchev–Trinajstić information content (AvgIpc) is 3.18. The highest BCUT2D eigenvalue weighted by atomic mass is 32.1. The summed E-state index contributed by atoms with van der Waals surface area (Å²) in [5, 5.41) is 0.935. The summed E-state index contributed by atoms with van der Waals surface area (Å²) < 4.78 is 5.30. The summed E-state index contributed by atoms with van der Waals surface area (Å²) in [6, 6.07) is 0. The number of thiophene rings is 1. The predicted octanol–water partition coefficient (Wildman–Crippen LogP) is 2.13. The Morgan fingerprint density at radius 1 is 1.16 bits per heavy atom. The largest absolute Gasteiger partial charge is 0.368 e. The van der Waals surface area contributed by atoms with Gasteiger partial charge in [0.2, 0.25) is 0 Å². The van der Waals surface area contributed by atoms with Gasteiger partial charge >= 0.3 is 0 Å². The fourth-order valence-corrected chi connectivity index (χ4v) is 4.27. The van der Waals surface area contributed by atoms with Gasteiger partial charge < -0.3 is 4.74 Å². The third-order valence-electron chi connectivity index (χ3n) is 4.66. The van der Waals surface area contributed by atoms with Crippen molar-refractivity contribution in [3.05, 3.63) is 22.0 Å². The first kappa shape index (κ1) is 16.4. The van der Waals surface area contributed by atoms with Crippen LogP contribution < -0.4 is 10.9 Å². The van der Waals surface area contributed by atoms with E-state index in [2.05, 4.69) is 20.8 Å². The summed E-state index contributed by atoms with van der Waals surface area (Å²) in [5.74, 6) is 0.703. The van der Waals surface area contributed by atoms with Gasteiger partial charge in [0.1, 0.15) is 16.8 Å². The molecule has 1 atom stereocenters. The zero-order valence-electron chi connectivity index (χ0n) is 14.2. The quantitative estimate of drug-likeness (QED) is 0.818. The molecule has 7 nitrogen and oxygen atoms in total. The van der Waals surface area contributed by atoms with Gasteiger partial charge in [-0.1, -0.05) is 0 Å². The molecule has 8 heteroatoms. The number of hydrogen-bond donors (Lipinski definition) is 2. The summed E-state index contributed by atoms with van der Waals surface area (Å²) in [5.41, 5.74) is 6.70. The predicted molar refractivity (Wildman–Crippen MR) is 93.4 cm³/mol. The van der Waals surface area contributed by atoms with Gasteiger partial charge in [-0.05, 0) is 45.1 Å². The zero-order chi connectivity index (χ0) is 17.6. The number of nitrogens with one attached hydrogen (secondary N) is 2. The van der Waals surface area contributed by atoms with E-state index in [9.17, 15) is 9.59 Å². The highest BCUT2D eigenvalue weighted by Crippen LogP contribution is 2.40. The van der Waals surface area contributed by atoms with Crippen molar-refractivity contribution in [1.82, 2.24) is 20.8 Å². The molecular weight excluding hydrogens is 340 g/mol. The molecule has 2 N–H and O–H groups in total. The Hall–Kier alpha value is -2.06. The van der Waals surface area contributed by atoms with E-state index in [1.54, 1.807) is 0 Å². The molecule has 2 amide bonds. The van der Waals surface area contributed by atoms with E-state index in [1.807, 2.05) is 13.8 Å². The standard InChI is InChI=1S/C17H20N4O3S/c1-8-12-9(2)18-14(10-5-6-10)19-17(12)25-13(8)16(23)21-20-15(22)11-4-3-7-24-11/h10-11H,3-7H2,1-2H3,(H,20,22)(H,21,23)/t11-/m1/s1. The number of ether oxygens (including phenoxy) is 1. The number of carbonyl (C=O) groups excluding carboxylic acids is 2. The van der Waals surface area contributed by atoms with Crippen molar-refractivity contribution in [3.63, 3.8) is 0 Å². The van der Waals surface area contributed by atoms with Gasteiger partial charge in [-0.2, -0.15) is 0 Å². The topological polar surface area (TPSA) is 93.2 Å². The second kappa shape index (κ2) is 6.34. The van der Waals surface area contributed by atoms with Crippen LogP contribution in [0.2, 0.25) is 0 Å². The molecule has 4 rings (SSSR count). The van der Waals surface area contributed by atoms with E-state index in [0.29, 0.717) is 23.8 Å². The number of amides is 2. The Kier molecular flexibility index (Phi) is 4.16. The first-order valence-corrected chi connectivity index (χ1v) is 9.35. The van der Waals surface area contributed by atoms with Crippen LogP contribution in [0.5, 0.6) is 0 Å². The molecule has 2 fully saturated rings. The highest BCUT2D eigenvalue weighted by Gasteiger charge is 2.29. The van der Waals surface area contributed by atoms with Crippen molar-refractivity contribution in [1.29, 1.82) is 0 Å². The van der Waals surface area contributed by atoms with Crippen LogP contribution in [0.1, 0.15) is 58.4 Å². The molecule has 1 aliphatic heterocycles. The lowest BCUT2D eigenvalue weighted by molar-refractivity contribution is -0.130. The molecule has 1 saturated heterocycles. The minimum atomic E-state index is -0.474. The first-order valence-electron chi connectivity index (χ1n) is 8.54. The number of aryl methyl sites for hydroxylation is 2. The zero-order valence-corrected chi connectivity index (χ0v) is 15.0. The smallest absolute Gasteiger partial charge is 0.280 e. The minimum Gasteiger partial charge on any atom is -0.368 e. The molecule has 2 aromatic rings. The van der Waals surface area contributed by atoms with Crippen molar-refractivity contribution in [2.45, 2.75) is 51.6 Å². The number of hydrazine groups is 1. The van der Waals surface area contributed by atoms with E-state index in [4.69, 9.17) is 4.74 Å². The Bertz CT molecular complexity index is 853. The van der Waals surface area contributed by atoms with Gasteiger partial charge in [0.05, 0.1) is 10.6 Å². The van der Waals surface area contributed by atoms with Crippen molar-refractivity contribution in [2.75, 3.05) is 6.61 Å². The number of aromatic nitrogens is 2. The number of carbonyl (C=O) groups is 2. The van der Waals surface area contributed by atoms with Crippen molar-refractivity contribution in [2.24, 2.45) is 0 Å². The maximum Gasteiger partial charge on any atom is 0.280 e. The second-order valence-corrected chi connectivity index (χ2v) is 7.62. The Morgan fingerprint density at radius 2 is 1.96 bits per heavy atom. The van der Waals surface area contributed by atoms with Gasteiger partial charge in [0, 0.05) is 17.9 Å². The third-order valence-corrected chi connectivity index (χ3v) is 5.84. The number of hydrogen-bond acceptors (Lipinski definition) is 6. The number of rotatable bonds is 3. The van der Waals surface area contributed by atoms with Gasteiger partial charge in [-0.15, -0.1) is 11.3 Å². The molecule has 0 spiro atoms. The van der Waals surface area contributed by atoms with Crippen LogP contribution in [0, 0.1) is 13.8 Å². The maximum atomic E-state index is 12.5. The van der Waals surface area contributed by atoms with Crippen LogP contribution in [0.4, 0.5) is 0 Å². The van der Waals surface area contributed by atoms with Gasteiger partial charge in [0.25, 0.3) is 11.8 Å². The first-order chi connectivity index (χ1) is 12.0. The van der Waals surface area contributed by atoms with Crippen LogP contribution in [-0.2, 0) is 9.53 Å². The average molecular weight is 360 g/mol. The van der Waals surface area contributed by atoms with E-state index in [1.165, 1.54) is 11.3 Å². The van der Waals surface area contributed by atoms with E-state index >= 15 is 0 Å². The monoisotopic (exact) mass is 360 g/mol. The highest BCUT2D eigenvalue weighted by molar-refractivity contribution is 7.20. The molecule has 2 aliphatic rings. The van der Waals surface area contributed by atoms with Crippen LogP contribution in [0.25, 0.3) is 10.2 Å².